The van der Waals surface area contributed by atoms with Crippen molar-refractivity contribution < 1.29 is 4.92 Å². The number of hydrogen-bond donors (Lipinski definition) is 0. The van der Waals surface area contributed by atoms with Crippen LogP contribution in [0, 0.1) is 21.4 Å². The van der Waals surface area contributed by atoms with Crippen molar-refractivity contribution in [2.75, 3.05) is 0 Å². The first-order valence-corrected chi connectivity index (χ1v) is 3.21. The van der Waals surface area contributed by atoms with Gasteiger partial charge in [0.2, 0.25) is 0 Å². The van der Waals surface area contributed by atoms with Crippen molar-refractivity contribution in [3.05, 3.63) is 33.5 Å². The van der Waals surface area contributed by atoms with Gasteiger partial charge in [-0.1, -0.05) is 6.08 Å². The highest BCUT2D eigenvalue weighted by molar-refractivity contribution is 5.39. The molecule has 4 heteroatoms. The Morgan fingerprint density at radius 1 is 1.55 bits per heavy atom. The molecule has 0 aliphatic heterocycles. The molecule has 0 fully saturated rings. The second-order valence-corrected chi connectivity index (χ2v) is 2.15. The predicted octanol–water partition coefficient (Wildman–Crippen LogP) is 1.39. The van der Waals surface area contributed by atoms with Crippen molar-refractivity contribution in [3.8, 4) is 6.07 Å². The van der Waals surface area contributed by atoms with E-state index in [1.54, 1.807) is 12.1 Å². The quantitative estimate of drug-likeness (QED) is 0.419. The van der Waals surface area contributed by atoms with Crippen LogP contribution in [0.25, 0.3) is 0 Å². The van der Waals surface area contributed by atoms with Gasteiger partial charge >= 0.3 is 0 Å². The smallest absolute Gasteiger partial charge is 0.258 e. The van der Waals surface area contributed by atoms with E-state index in [9.17, 15) is 10.1 Å². The third kappa shape index (κ3) is 1.44. The Kier molecular flexibility index (Phi) is 2.02. The van der Waals surface area contributed by atoms with Crippen molar-refractivity contribution in [2.45, 2.75) is 12.8 Å². The van der Waals surface area contributed by atoms with Gasteiger partial charge in [0, 0.05) is 0 Å². The first kappa shape index (κ1) is 7.48. The molecule has 0 saturated heterocycles. The van der Waals surface area contributed by atoms with Gasteiger partial charge in [0.25, 0.3) is 5.70 Å². The van der Waals surface area contributed by atoms with Crippen molar-refractivity contribution in [1.82, 2.24) is 0 Å². The second-order valence-electron chi connectivity index (χ2n) is 2.15. The standard InChI is InChI=1S/C7H6N2O2/c8-5-6-3-1-2-4-7(6)9(10)11/h3-4H,1-2H2. The fourth-order valence-corrected chi connectivity index (χ4v) is 0.938. The lowest BCUT2D eigenvalue weighted by Gasteiger charge is -2.00. The molecule has 0 aromatic rings. The van der Waals surface area contributed by atoms with Crippen LogP contribution in [0.2, 0.25) is 0 Å². The summed E-state index contributed by atoms with van der Waals surface area (Å²) in [6.45, 7) is 0. The number of allylic oxidation sites excluding steroid dienone is 3. The van der Waals surface area contributed by atoms with E-state index in [0.29, 0.717) is 6.42 Å². The van der Waals surface area contributed by atoms with E-state index >= 15 is 0 Å². The monoisotopic (exact) mass is 150 g/mol. The van der Waals surface area contributed by atoms with Crippen molar-refractivity contribution >= 4 is 0 Å². The summed E-state index contributed by atoms with van der Waals surface area (Å²) in [5.41, 5.74) is 0.125. The minimum Gasteiger partial charge on any atom is -0.258 e. The number of hydrogen-bond acceptors (Lipinski definition) is 3. The topological polar surface area (TPSA) is 66.9 Å². The first-order valence-electron chi connectivity index (χ1n) is 3.21. The largest absolute Gasteiger partial charge is 0.282 e. The molecule has 11 heavy (non-hydrogen) atoms. The van der Waals surface area contributed by atoms with E-state index in [4.69, 9.17) is 5.26 Å². The van der Waals surface area contributed by atoms with Crippen molar-refractivity contribution in [3.63, 3.8) is 0 Å². The van der Waals surface area contributed by atoms with E-state index in [2.05, 4.69) is 0 Å². The van der Waals surface area contributed by atoms with Crippen molar-refractivity contribution in [1.29, 1.82) is 5.26 Å². The number of nitriles is 1. The molecule has 0 aromatic carbocycles. The Labute approximate surface area is 63.6 Å². The average molecular weight is 150 g/mol. The summed E-state index contributed by atoms with van der Waals surface area (Å²) in [6, 6.07) is 1.79. The predicted molar refractivity (Wildman–Crippen MR) is 38.0 cm³/mol. The summed E-state index contributed by atoms with van der Waals surface area (Å²) < 4.78 is 0. The molecule has 0 heterocycles. The van der Waals surface area contributed by atoms with Gasteiger partial charge in [-0.2, -0.15) is 5.26 Å². The second kappa shape index (κ2) is 2.97. The fourth-order valence-electron chi connectivity index (χ4n) is 0.938. The number of nitrogens with zero attached hydrogens (tertiary/aromatic N) is 2. The molecule has 0 unspecified atom stereocenters. The highest BCUT2D eigenvalue weighted by Gasteiger charge is 2.18. The zero-order valence-corrected chi connectivity index (χ0v) is 5.78. The van der Waals surface area contributed by atoms with Crippen molar-refractivity contribution in [2.24, 2.45) is 0 Å². The summed E-state index contributed by atoms with van der Waals surface area (Å²) in [6.07, 6.45) is 4.46. The maximum Gasteiger partial charge on any atom is 0.282 e. The van der Waals surface area contributed by atoms with Gasteiger partial charge < -0.3 is 0 Å². The lowest BCUT2D eigenvalue weighted by Crippen LogP contribution is -2.03. The van der Waals surface area contributed by atoms with Crippen LogP contribution >= 0.6 is 0 Å². The molecule has 0 amide bonds. The first-order chi connectivity index (χ1) is 5.25. The molecule has 56 valence electrons. The van der Waals surface area contributed by atoms with E-state index in [0.717, 1.165) is 6.42 Å². The Morgan fingerprint density at radius 2 is 2.18 bits per heavy atom. The molecule has 0 radical (unpaired) electrons. The van der Waals surface area contributed by atoms with Gasteiger partial charge in [-0.05, 0) is 18.9 Å². The van der Waals surface area contributed by atoms with Crippen LogP contribution in [0.4, 0.5) is 0 Å². The van der Waals surface area contributed by atoms with Gasteiger partial charge in [-0.3, -0.25) is 10.1 Å². The van der Waals surface area contributed by atoms with E-state index in [-0.39, 0.29) is 11.3 Å². The van der Waals surface area contributed by atoms with Gasteiger partial charge in [0.15, 0.2) is 0 Å². The third-order valence-corrected chi connectivity index (χ3v) is 1.45. The number of rotatable bonds is 1. The zero-order valence-electron chi connectivity index (χ0n) is 5.78. The van der Waals surface area contributed by atoms with E-state index in [1.807, 2.05) is 0 Å². The minimum absolute atomic E-state index is 0.0567. The molecule has 1 aliphatic carbocycles. The summed E-state index contributed by atoms with van der Waals surface area (Å²) in [5.74, 6) is 0. The molecule has 0 aromatic heterocycles. The molecule has 0 atom stereocenters. The zero-order chi connectivity index (χ0) is 8.27. The summed E-state index contributed by atoms with van der Waals surface area (Å²) >= 11 is 0. The van der Waals surface area contributed by atoms with Gasteiger partial charge in [0.1, 0.15) is 11.6 Å². The Hall–Kier alpha value is -1.63. The van der Waals surface area contributed by atoms with Crippen LogP contribution in [-0.2, 0) is 0 Å². The Balaban J connectivity index is 2.95. The minimum atomic E-state index is -0.520. The molecular weight excluding hydrogens is 144 g/mol. The molecule has 0 N–H and O–H groups in total. The highest BCUT2D eigenvalue weighted by atomic mass is 16.6. The molecule has 0 saturated carbocycles. The molecule has 0 spiro atoms. The van der Waals surface area contributed by atoms with E-state index < -0.39 is 4.92 Å². The maximum absolute atomic E-state index is 10.3. The fraction of sp³-hybridized carbons (Fsp3) is 0.286. The summed E-state index contributed by atoms with van der Waals surface area (Å²) in [5, 5.41) is 18.7. The Bertz CT molecular complexity index is 283. The molecular formula is C7H6N2O2. The van der Waals surface area contributed by atoms with Crippen LogP contribution in [-0.4, -0.2) is 4.92 Å². The normalized spacial score (nSPS) is 16.3. The summed E-state index contributed by atoms with van der Waals surface area (Å²) in [4.78, 5) is 9.75. The molecule has 4 nitrogen and oxygen atoms in total. The van der Waals surface area contributed by atoms with Crippen LogP contribution in [0.5, 0.6) is 0 Å². The maximum atomic E-state index is 10.3. The lowest BCUT2D eigenvalue weighted by molar-refractivity contribution is -0.420. The lowest BCUT2D eigenvalue weighted by atomic mass is 10.1. The SMILES string of the molecule is N#CC1=CCCC=C1[N+](=O)[O-]. The number of nitro groups is 1. The highest BCUT2D eigenvalue weighted by Crippen LogP contribution is 2.17. The molecule has 0 bridgehead atoms. The van der Waals surface area contributed by atoms with Crippen LogP contribution < -0.4 is 0 Å². The van der Waals surface area contributed by atoms with E-state index in [1.165, 1.54) is 6.08 Å². The molecule has 1 aliphatic rings. The van der Waals surface area contributed by atoms with Crippen LogP contribution in [0.1, 0.15) is 12.8 Å². The average Bonchev–Trinajstić information content (AvgIpc) is 2.04. The molecule has 1 rings (SSSR count). The van der Waals surface area contributed by atoms with Gasteiger partial charge in [0.05, 0.1) is 4.92 Å². The van der Waals surface area contributed by atoms with Gasteiger partial charge in [-0.25, -0.2) is 0 Å². The Morgan fingerprint density at radius 3 is 2.64 bits per heavy atom. The third-order valence-electron chi connectivity index (χ3n) is 1.45. The van der Waals surface area contributed by atoms with Gasteiger partial charge in [-0.15, -0.1) is 0 Å². The summed E-state index contributed by atoms with van der Waals surface area (Å²) in [7, 11) is 0. The van der Waals surface area contributed by atoms with Crippen LogP contribution in [0.3, 0.4) is 0 Å². The van der Waals surface area contributed by atoms with Crippen LogP contribution in [0.15, 0.2) is 23.4 Å².